The number of carboxylic acid groups (broad SMARTS) is 1. The maximum Gasteiger partial charge on any atom is 0.335 e. The number of carbonyl (C=O) groups is 2. The number of aromatic nitrogens is 1. The van der Waals surface area contributed by atoms with Gasteiger partial charge in [-0.05, 0) is 41.8 Å². The quantitative estimate of drug-likeness (QED) is 0.850. The van der Waals surface area contributed by atoms with Crippen LogP contribution in [0.2, 0.25) is 0 Å². The Kier molecular flexibility index (Phi) is 5.04. The Hall–Kier alpha value is -2.69. The molecule has 0 radical (unpaired) electrons. The Balaban J connectivity index is 1.77. The van der Waals surface area contributed by atoms with Crippen LogP contribution < -0.4 is 5.32 Å². The van der Waals surface area contributed by atoms with E-state index >= 15 is 0 Å². The Morgan fingerprint density at radius 1 is 1.00 bits per heavy atom. The lowest BCUT2D eigenvalue weighted by Crippen LogP contribution is -2.23. The Morgan fingerprint density at radius 3 is 2.29 bits per heavy atom. The zero-order valence-electron chi connectivity index (χ0n) is 11.5. The first-order valence-corrected chi connectivity index (χ1v) is 6.63. The molecule has 1 amide bonds. The lowest BCUT2D eigenvalue weighted by molar-refractivity contribution is -0.121. The second kappa shape index (κ2) is 7.19. The van der Waals surface area contributed by atoms with E-state index in [0.717, 1.165) is 11.1 Å². The number of aryl methyl sites for hydroxylation is 1. The average Bonchev–Trinajstić information content (AvgIpc) is 2.52. The third kappa shape index (κ3) is 4.72. The van der Waals surface area contributed by atoms with Gasteiger partial charge in [-0.15, -0.1) is 0 Å². The van der Waals surface area contributed by atoms with Crippen molar-refractivity contribution < 1.29 is 14.7 Å². The van der Waals surface area contributed by atoms with Gasteiger partial charge >= 0.3 is 5.97 Å². The molecular formula is C16H16N2O3. The van der Waals surface area contributed by atoms with Crippen molar-refractivity contribution in [2.45, 2.75) is 19.4 Å². The van der Waals surface area contributed by atoms with Gasteiger partial charge in [0.1, 0.15) is 0 Å². The Morgan fingerprint density at radius 2 is 1.67 bits per heavy atom. The third-order valence-electron chi connectivity index (χ3n) is 3.08. The number of benzene rings is 1. The molecule has 0 unspecified atom stereocenters. The van der Waals surface area contributed by atoms with E-state index in [4.69, 9.17) is 5.11 Å². The fraction of sp³-hybridized carbons (Fsp3) is 0.188. The summed E-state index contributed by atoms with van der Waals surface area (Å²) in [6.45, 7) is 0.398. The Bertz CT molecular complexity index is 609. The summed E-state index contributed by atoms with van der Waals surface area (Å²) in [6, 6.07) is 10.2. The molecule has 21 heavy (non-hydrogen) atoms. The predicted molar refractivity (Wildman–Crippen MR) is 77.8 cm³/mol. The highest BCUT2D eigenvalue weighted by Crippen LogP contribution is 2.05. The topological polar surface area (TPSA) is 79.3 Å². The molecule has 1 aromatic carbocycles. The molecule has 0 saturated heterocycles. The van der Waals surface area contributed by atoms with E-state index in [-0.39, 0.29) is 11.5 Å². The van der Waals surface area contributed by atoms with Crippen LogP contribution >= 0.6 is 0 Å². The van der Waals surface area contributed by atoms with Crippen molar-refractivity contribution in [1.82, 2.24) is 10.3 Å². The minimum absolute atomic E-state index is 0.0332. The second-order valence-electron chi connectivity index (χ2n) is 4.63. The summed E-state index contributed by atoms with van der Waals surface area (Å²) < 4.78 is 0. The predicted octanol–water partition coefficient (Wildman–Crippen LogP) is 2.03. The largest absolute Gasteiger partial charge is 0.478 e. The van der Waals surface area contributed by atoms with Crippen LogP contribution in [0.15, 0.2) is 48.8 Å². The number of carboxylic acids is 1. The molecule has 0 saturated carbocycles. The summed E-state index contributed by atoms with van der Waals surface area (Å²) in [5, 5.41) is 11.6. The maximum atomic E-state index is 11.7. The van der Waals surface area contributed by atoms with Gasteiger partial charge in [0.25, 0.3) is 0 Å². The molecule has 0 spiro atoms. The van der Waals surface area contributed by atoms with E-state index in [1.807, 2.05) is 12.1 Å². The zero-order valence-corrected chi connectivity index (χ0v) is 11.5. The highest BCUT2D eigenvalue weighted by Gasteiger charge is 2.04. The summed E-state index contributed by atoms with van der Waals surface area (Å²) in [4.78, 5) is 26.4. The lowest BCUT2D eigenvalue weighted by atomic mass is 10.1. The number of rotatable bonds is 6. The van der Waals surface area contributed by atoms with E-state index in [9.17, 15) is 9.59 Å². The first-order valence-electron chi connectivity index (χ1n) is 6.63. The van der Waals surface area contributed by atoms with Crippen LogP contribution in [0.25, 0.3) is 0 Å². The van der Waals surface area contributed by atoms with Crippen molar-refractivity contribution in [2.24, 2.45) is 0 Å². The fourth-order valence-corrected chi connectivity index (χ4v) is 1.86. The minimum atomic E-state index is -0.956. The fourth-order valence-electron chi connectivity index (χ4n) is 1.86. The zero-order chi connectivity index (χ0) is 15.1. The van der Waals surface area contributed by atoms with Gasteiger partial charge in [0, 0.05) is 25.4 Å². The van der Waals surface area contributed by atoms with E-state index in [2.05, 4.69) is 10.3 Å². The third-order valence-corrected chi connectivity index (χ3v) is 3.08. The molecule has 0 aliphatic carbocycles. The van der Waals surface area contributed by atoms with Crippen LogP contribution in [0.4, 0.5) is 0 Å². The second-order valence-corrected chi connectivity index (χ2v) is 4.63. The van der Waals surface area contributed by atoms with Gasteiger partial charge in [0.2, 0.25) is 5.91 Å². The molecule has 2 aromatic rings. The van der Waals surface area contributed by atoms with Gasteiger partial charge in [-0.2, -0.15) is 0 Å². The molecule has 5 heteroatoms. The molecule has 0 atom stereocenters. The number of aromatic carboxylic acids is 1. The minimum Gasteiger partial charge on any atom is -0.478 e. The number of hydrogen-bond acceptors (Lipinski definition) is 3. The molecule has 2 N–H and O–H groups in total. The molecule has 0 fully saturated rings. The van der Waals surface area contributed by atoms with Gasteiger partial charge in [-0.25, -0.2) is 4.79 Å². The SMILES string of the molecule is O=C(CCc1ccncc1)NCc1ccc(C(=O)O)cc1. The normalized spacial score (nSPS) is 10.1. The van der Waals surface area contributed by atoms with Crippen molar-refractivity contribution in [3.8, 4) is 0 Å². The lowest BCUT2D eigenvalue weighted by Gasteiger charge is -2.06. The van der Waals surface area contributed by atoms with Gasteiger partial charge in [-0.3, -0.25) is 9.78 Å². The molecular weight excluding hydrogens is 268 g/mol. The van der Waals surface area contributed by atoms with Gasteiger partial charge in [0.05, 0.1) is 5.56 Å². The first-order chi connectivity index (χ1) is 10.1. The van der Waals surface area contributed by atoms with Crippen LogP contribution in [0, 0.1) is 0 Å². The van der Waals surface area contributed by atoms with Crippen molar-refractivity contribution in [3.63, 3.8) is 0 Å². The van der Waals surface area contributed by atoms with Gasteiger partial charge in [0.15, 0.2) is 0 Å². The summed E-state index contributed by atoms with van der Waals surface area (Å²) in [5.41, 5.74) is 2.19. The molecule has 0 aliphatic heterocycles. The van der Waals surface area contributed by atoms with Gasteiger partial charge < -0.3 is 10.4 Å². The number of pyridine rings is 1. The van der Waals surface area contributed by atoms with Crippen LogP contribution in [-0.2, 0) is 17.8 Å². The number of carbonyl (C=O) groups excluding carboxylic acids is 1. The summed E-state index contributed by atoms with van der Waals surface area (Å²) in [6.07, 6.45) is 4.50. The van der Waals surface area contributed by atoms with E-state index in [0.29, 0.717) is 19.4 Å². The van der Waals surface area contributed by atoms with E-state index in [1.54, 1.807) is 24.5 Å². The average molecular weight is 284 g/mol. The van der Waals surface area contributed by atoms with Gasteiger partial charge in [-0.1, -0.05) is 12.1 Å². The smallest absolute Gasteiger partial charge is 0.335 e. The molecule has 2 rings (SSSR count). The number of amides is 1. The monoisotopic (exact) mass is 284 g/mol. The Labute approximate surface area is 122 Å². The molecule has 1 aromatic heterocycles. The highest BCUT2D eigenvalue weighted by molar-refractivity contribution is 5.87. The van der Waals surface area contributed by atoms with Crippen LogP contribution in [0.3, 0.4) is 0 Å². The van der Waals surface area contributed by atoms with Crippen molar-refractivity contribution >= 4 is 11.9 Å². The highest BCUT2D eigenvalue weighted by atomic mass is 16.4. The first kappa shape index (κ1) is 14.7. The number of nitrogens with one attached hydrogen (secondary N) is 1. The van der Waals surface area contributed by atoms with Crippen molar-refractivity contribution in [2.75, 3.05) is 0 Å². The van der Waals surface area contributed by atoms with Crippen molar-refractivity contribution in [1.29, 1.82) is 0 Å². The molecule has 0 aliphatic rings. The number of hydrogen-bond donors (Lipinski definition) is 2. The van der Waals surface area contributed by atoms with Crippen LogP contribution in [0.5, 0.6) is 0 Å². The molecule has 108 valence electrons. The summed E-state index contributed by atoms with van der Waals surface area (Å²) in [7, 11) is 0. The maximum absolute atomic E-state index is 11.7. The summed E-state index contributed by atoms with van der Waals surface area (Å²) >= 11 is 0. The molecule has 5 nitrogen and oxygen atoms in total. The molecule has 0 bridgehead atoms. The van der Waals surface area contributed by atoms with Crippen LogP contribution in [-0.4, -0.2) is 22.0 Å². The summed E-state index contributed by atoms with van der Waals surface area (Å²) in [5.74, 6) is -0.989. The van der Waals surface area contributed by atoms with E-state index in [1.165, 1.54) is 12.1 Å². The number of nitrogens with zero attached hydrogens (tertiary/aromatic N) is 1. The standard InChI is InChI=1S/C16H16N2O3/c19-15(6-3-12-7-9-17-10-8-12)18-11-13-1-4-14(5-2-13)16(20)21/h1-2,4-5,7-10H,3,6,11H2,(H,18,19)(H,20,21). The van der Waals surface area contributed by atoms with Crippen LogP contribution in [0.1, 0.15) is 27.9 Å². The molecule has 1 heterocycles. The van der Waals surface area contributed by atoms with E-state index < -0.39 is 5.97 Å². The van der Waals surface area contributed by atoms with Crippen molar-refractivity contribution in [3.05, 3.63) is 65.5 Å².